The molecule has 3 amide bonds. The monoisotopic (exact) mass is 364 g/mol. The predicted octanol–water partition coefficient (Wildman–Crippen LogP) is 2.31. The molecule has 0 saturated carbocycles. The number of imide groups is 1. The Morgan fingerprint density at radius 1 is 1.04 bits per heavy atom. The molecule has 0 unspecified atom stereocenters. The number of nitrogens with one attached hydrogen (secondary N) is 1. The summed E-state index contributed by atoms with van der Waals surface area (Å²) in [7, 11) is 0. The lowest BCUT2D eigenvalue weighted by molar-refractivity contribution is -0.116. The maximum absolute atomic E-state index is 12.3. The number of rotatable bonds is 5. The van der Waals surface area contributed by atoms with Crippen molar-refractivity contribution in [2.24, 2.45) is 0 Å². The summed E-state index contributed by atoms with van der Waals surface area (Å²) >= 11 is 0. The van der Waals surface area contributed by atoms with Crippen LogP contribution in [0.25, 0.3) is 0 Å². The van der Waals surface area contributed by atoms with Gasteiger partial charge in [-0.15, -0.1) is 0 Å². The van der Waals surface area contributed by atoms with Gasteiger partial charge in [0.25, 0.3) is 11.8 Å². The number of hydrogen-bond acceptors (Lipinski definition) is 5. The van der Waals surface area contributed by atoms with Gasteiger partial charge in [0.05, 0.1) is 5.56 Å². The van der Waals surface area contributed by atoms with E-state index in [0.717, 1.165) is 23.7 Å². The minimum absolute atomic E-state index is 0.0335. The number of nitrogens with zero attached hydrogens (tertiary/aromatic N) is 3. The molecule has 2 aromatic rings. The maximum Gasteiger partial charge on any atom is 0.280 e. The smallest absolute Gasteiger partial charge is 0.280 e. The number of amides is 3. The third kappa shape index (κ3) is 3.40. The third-order valence-electron chi connectivity index (χ3n) is 4.92. The molecular weight excluding hydrogens is 344 g/mol. The van der Waals surface area contributed by atoms with Crippen LogP contribution in [-0.4, -0.2) is 47.2 Å². The first kappa shape index (κ1) is 17.2. The Balaban J connectivity index is 1.32. The molecule has 7 nitrogen and oxygen atoms in total. The number of carbonyl (C=O) groups excluding carboxylic acids is 3. The molecule has 0 atom stereocenters. The van der Waals surface area contributed by atoms with E-state index in [2.05, 4.69) is 15.2 Å². The van der Waals surface area contributed by atoms with E-state index in [1.54, 1.807) is 12.1 Å². The first-order valence-electron chi connectivity index (χ1n) is 9.09. The topological polar surface area (TPSA) is 82.6 Å². The molecular formula is C20H20N4O3. The van der Waals surface area contributed by atoms with Crippen LogP contribution >= 0.6 is 0 Å². The van der Waals surface area contributed by atoms with Crippen LogP contribution in [-0.2, 0) is 4.79 Å². The SMILES string of the molecule is O=C(CCN1C(=O)c2cccnc2C1=O)Nc1ccc(N2CCCC2)cc1. The highest BCUT2D eigenvalue weighted by molar-refractivity contribution is 6.20. The van der Waals surface area contributed by atoms with Gasteiger partial charge in [0.2, 0.25) is 5.91 Å². The van der Waals surface area contributed by atoms with Crippen LogP contribution in [0.2, 0.25) is 0 Å². The first-order valence-corrected chi connectivity index (χ1v) is 9.09. The molecule has 2 aliphatic rings. The summed E-state index contributed by atoms with van der Waals surface area (Å²) in [6, 6.07) is 10.9. The van der Waals surface area contributed by atoms with Gasteiger partial charge in [-0.1, -0.05) is 0 Å². The Bertz CT molecular complexity index is 853. The van der Waals surface area contributed by atoms with Crippen LogP contribution in [0, 0.1) is 0 Å². The molecule has 0 aliphatic carbocycles. The van der Waals surface area contributed by atoms with Gasteiger partial charge in [-0.05, 0) is 49.2 Å². The van der Waals surface area contributed by atoms with Crippen molar-refractivity contribution in [2.45, 2.75) is 19.3 Å². The Morgan fingerprint density at radius 3 is 2.48 bits per heavy atom. The average Bonchev–Trinajstić information content (AvgIpc) is 3.30. The van der Waals surface area contributed by atoms with Gasteiger partial charge < -0.3 is 10.2 Å². The van der Waals surface area contributed by atoms with Crippen LogP contribution < -0.4 is 10.2 Å². The van der Waals surface area contributed by atoms with E-state index < -0.39 is 11.8 Å². The molecule has 0 spiro atoms. The summed E-state index contributed by atoms with van der Waals surface area (Å²) in [5.41, 5.74) is 2.30. The highest BCUT2D eigenvalue weighted by Gasteiger charge is 2.36. The van der Waals surface area contributed by atoms with Crippen molar-refractivity contribution < 1.29 is 14.4 Å². The van der Waals surface area contributed by atoms with Crippen molar-refractivity contribution in [3.05, 3.63) is 53.9 Å². The molecule has 1 saturated heterocycles. The minimum Gasteiger partial charge on any atom is -0.372 e. The van der Waals surface area contributed by atoms with E-state index in [1.807, 2.05) is 24.3 Å². The summed E-state index contributed by atoms with van der Waals surface area (Å²) in [4.78, 5) is 44.1. The lowest BCUT2D eigenvalue weighted by atomic mass is 10.2. The standard InChI is InChI=1S/C20H20N4O3/c25-17(22-14-5-7-15(8-6-14)23-11-1-2-12-23)9-13-24-19(26)16-4-3-10-21-18(16)20(24)27/h3-8,10H,1-2,9,11-13H2,(H,22,25). The van der Waals surface area contributed by atoms with Crippen molar-refractivity contribution in [3.63, 3.8) is 0 Å². The molecule has 2 aliphatic heterocycles. The van der Waals surface area contributed by atoms with Gasteiger partial charge >= 0.3 is 0 Å². The molecule has 0 radical (unpaired) electrons. The van der Waals surface area contributed by atoms with E-state index >= 15 is 0 Å². The van der Waals surface area contributed by atoms with Crippen LogP contribution in [0.5, 0.6) is 0 Å². The van der Waals surface area contributed by atoms with Crippen molar-refractivity contribution in [2.75, 3.05) is 29.9 Å². The zero-order chi connectivity index (χ0) is 18.8. The number of aromatic nitrogens is 1. The fraction of sp³-hybridized carbons (Fsp3) is 0.300. The second-order valence-corrected chi connectivity index (χ2v) is 6.70. The van der Waals surface area contributed by atoms with Gasteiger partial charge in [0.1, 0.15) is 5.69 Å². The number of anilines is 2. The van der Waals surface area contributed by atoms with Crippen molar-refractivity contribution in [3.8, 4) is 0 Å². The minimum atomic E-state index is -0.446. The van der Waals surface area contributed by atoms with E-state index in [-0.39, 0.29) is 24.6 Å². The Labute approximate surface area is 157 Å². The number of benzene rings is 1. The van der Waals surface area contributed by atoms with Gasteiger partial charge in [-0.2, -0.15) is 0 Å². The summed E-state index contributed by atoms with van der Waals surface area (Å²) in [6.07, 6.45) is 3.95. The largest absolute Gasteiger partial charge is 0.372 e. The summed E-state index contributed by atoms with van der Waals surface area (Å²) < 4.78 is 0. The second kappa shape index (κ2) is 7.19. The molecule has 4 rings (SSSR count). The Morgan fingerprint density at radius 2 is 1.78 bits per heavy atom. The molecule has 1 N–H and O–H groups in total. The molecule has 27 heavy (non-hydrogen) atoms. The fourth-order valence-corrected chi connectivity index (χ4v) is 3.48. The van der Waals surface area contributed by atoms with Crippen molar-refractivity contribution in [1.29, 1.82) is 0 Å². The van der Waals surface area contributed by atoms with Crippen LogP contribution in [0.1, 0.15) is 40.1 Å². The second-order valence-electron chi connectivity index (χ2n) is 6.70. The van der Waals surface area contributed by atoms with Crippen LogP contribution in [0.3, 0.4) is 0 Å². The highest BCUT2D eigenvalue weighted by atomic mass is 16.2. The third-order valence-corrected chi connectivity index (χ3v) is 4.92. The number of hydrogen-bond donors (Lipinski definition) is 1. The molecule has 138 valence electrons. The quantitative estimate of drug-likeness (QED) is 0.823. The van der Waals surface area contributed by atoms with Crippen molar-refractivity contribution >= 4 is 29.1 Å². The molecule has 0 bridgehead atoms. The fourth-order valence-electron chi connectivity index (χ4n) is 3.48. The van der Waals surface area contributed by atoms with Crippen molar-refractivity contribution in [1.82, 2.24) is 9.88 Å². The van der Waals surface area contributed by atoms with E-state index in [9.17, 15) is 14.4 Å². The molecule has 1 aromatic carbocycles. The maximum atomic E-state index is 12.3. The van der Waals surface area contributed by atoms with Gasteiger partial charge in [-0.3, -0.25) is 24.3 Å². The summed E-state index contributed by atoms with van der Waals surface area (Å²) in [6.45, 7) is 2.17. The molecule has 7 heteroatoms. The lowest BCUT2D eigenvalue weighted by Crippen LogP contribution is -2.33. The Hall–Kier alpha value is -3.22. The van der Waals surface area contributed by atoms with E-state index in [4.69, 9.17) is 0 Å². The van der Waals surface area contributed by atoms with Gasteiger partial charge in [-0.25, -0.2) is 0 Å². The van der Waals surface area contributed by atoms with Gasteiger partial charge in [0.15, 0.2) is 0 Å². The average molecular weight is 364 g/mol. The Kier molecular flexibility index (Phi) is 4.58. The van der Waals surface area contributed by atoms with E-state index in [0.29, 0.717) is 11.3 Å². The van der Waals surface area contributed by atoms with E-state index in [1.165, 1.54) is 19.0 Å². The summed E-state index contributed by atoms with van der Waals surface area (Å²) in [5.74, 6) is -1.09. The highest BCUT2D eigenvalue weighted by Crippen LogP contribution is 2.23. The number of fused-ring (bicyclic) bond motifs is 1. The number of carbonyl (C=O) groups is 3. The predicted molar refractivity (Wildman–Crippen MR) is 101 cm³/mol. The number of pyridine rings is 1. The van der Waals surface area contributed by atoms with Crippen LogP contribution in [0.4, 0.5) is 11.4 Å². The molecule has 3 heterocycles. The zero-order valence-electron chi connectivity index (χ0n) is 14.9. The normalized spacial score (nSPS) is 16.0. The first-order chi connectivity index (χ1) is 13.1. The lowest BCUT2D eigenvalue weighted by Gasteiger charge is -2.18. The molecule has 1 aromatic heterocycles. The summed E-state index contributed by atoms with van der Waals surface area (Å²) in [5, 5.41) is 2.81. The zero-order valence-corrected chi connectivity index (χ0v) is 14.9. The van der Waals surface area contributed by atoms with Gasteiger partial charge in [0, 0.05) is 43.6 Å². The van der Waals surface area contributed by atoms with Crippen LogP contribution in [0.15, 0.2) is 42.6 Å². The molecule has 1 fully saturated rings.